The molecule has 2 aromatic carbocycles. The van der Waals surface area contributed by atoms with Crippen LogP contribution in [-0.4, -0.2) is 45.7 Å². The predicted octanol–water partition coefficient (Wildman–Crippen LogP) is 3.93. The fourth-order valence-corrected chi connectivity index (χ4v) is 5.36. The van der Waals surface area contributed by atoms with E-state index in [1.807, 2.05) is 14.1 Å². The Morgan fingerprint density at radius 1 is 1.21 bits per heavy atom. The number of hydrogen-bond donors (Lipinski definition) is 2. The highest BCUT2D eigenvalue weighted by atomic mass is 35.5. The SMILES string of the molecule is COc1ccc(NS(=O)(=O)c2cc(Cl)cc(Cl)c2O)c2c1CC(N(C)C)CC2. The summed E-state index contributed by atoms with van der Waals surface area (Å²) >= 11 is 11.8. The molecule has 0 aliphatic heterocycles. The minimum Gasteiger partial charge on any atom is -0.505 e. The minimum absolute atomic E-state index is 0.119. The Bertz CT molecular complexity index is 1010. The highest BCUT2D eigenvalue weighted by Crippen LogP contribution is 2.39. The molecule has 1 aliphatic rings. The van der Waals surface area contributed by atoms with Gasteiger partial charge in [-0.15, -0.1) is 0 Å². The van der Waals surface area contributed by atoms with Gasteiger partial charge in [0.2, 0.25) is 0 Å². The zero-order valence-corrected chi connectivity index (χ0v) is 18.1. The van der Waals surface area contributed by atoms with Gasteiger partial charge in [-0.05, 0) is 63.2 Å². The smallest absolute Gasteiger partial charge is 0.265 e. The van der Waals surface area contributed by atoms with Crippen molar-refractivity contribution in [3.05, 3.63) is 45.4 Å². The van der Waals surface area contributed by atoms with E-state index in [1.54, 1.807) is 19.2 Å². The third-order valence-electron chi connectivity index (χ3n) is 5.03. The Morgan fingerprint density at radius 3 is 2.57 bits per heavy atom. The quantitative estimate of drug-likeness (QED) is 0.730. The van der Waals surface area contributed by atoms with Gasteiger partial charge in [-0.2, -0.15) is 0 Å². The first-order valence-corrected chi connectivity index (χ1v) is 10.9. The summed E-state index contributed by atoms with van der Waals surface area (Å²) < 4.78 is 33.9. The minimum atomic E-state index is -4.09. The number of nitrogens with zero attached hydrogens (tertiary/aromatic N) is 1. The van der Waals surface area contributed by atoms with Gasteiger partial charge in [0.05, 0.1) is 17.8 Å². The molecular weight excluding hydrogens is 423 g/mol. The monoisotopic (exact) mass is 444 g/mol. The van der Waals surface area contributed by atoms with Gasteiger partial charge in [0, 0.05) is 16.6 Å². The van der Waals surface area contributed by atoms with Gasteiger partial charge in [0.15, 0.2) is 5.75 Å². The maximum absolute atomic E-state index is 12.9. The van der Waals surface area contributed by atoms with Crippen LogP contribution >= 0.6 is 23.2 Å². The normalized spacial score (nSPS) is 16.7. The molecule has 1 unspecified atom stereocenters. The van der Waals surface area contributed by atoms with Gasteiger partial charge in [-0.1, -0.05) is 23.2 Å². The van der Waals surface area contributed by atoms with Crippen molar-refractivity contribution in [3.63, 3.8) is 0 Å². The standard InChI is InChI=1S/C19H22Cl2N2O4S/c1-23(2)12-4-5-13-14(10-12)17(27-3)7-6-16(13)22-28(25,26)18-9-11(20)8-15(21)19(18)24/h6-9,12,22,24H,4-5,10H2,1-3H3. The molecule has 0 aromatic heterocycles. The number of benzene rings is 2. The molecule has 0 radical (unpaired) electrons. The Hall–Kier alpha value is -1.67. The molecule has 1 aliphatic carbocycles. The molecule has 0 saturated heterocycles. The highest BCUT2D eigenvalue weighted by molar-refractivity contribution is 7.92. The van der Waals surface area contributed by atoms with Gasteiger partial charge < -0.3 is 14.7 Å². The van der Waals surface area contributed by atoms with E-state index in [9.17, 15) is 13.5 Å². The molecule has 0 spiro atoms. The zero-order valence-electron chi connectivity index (χ0n) is 15.8. The van der Waals surface area contributed by atoms with Crippen LogP contribution in [0, 0.1) is 0 Å². The number of fused-ring (bicyclic) bond motifs is 1. The van der Waals surface area contributed by atoms with E-state index >= 15 is 0 Å². The fourth-order valence-electron chi connectivity index (χ4n) is 3.50. The van der Waals surface area contributed by atoms with Crippen LogP contribution < -0.4 is 9.46 Å². The molecule has 0 heterocycles. The summed E-state index contributed by atoms with van der Waals surface area (Å²) in [6, 6.07) is 6.23. The first-order chi connectivity index (χ1) is 13.1. The summed E-state index contributed by atoms with van der Waals surface area (Å²) in [5, 5.41) is 10.1. The van der Waals surface area contributed by atoms with Crippen molar-refractivity contribution < 1.29 is 18.3 Å². The van der Waals surface area contributed by atoms with Gasteiger partial charge in [0.1, 0.15) is 10.6 Å². The zero-order chi connectivity index (χ0) is 20.6. The molecule has 6 nitrogen and oxygen atoms in total. The number of hydrogen-bond acceptors (Lipinski definition) is 5. The third-order valence-corrected chi connectivity index (χ3v) is 6.92. The van der Waals surface area contributed by atoms with E-state index in [0.29, 0.717) is 18.2 Å². The van der Waals surface area contributed by atoms with Crippen LogP contribution in [0.25, 0.3) is 0 Å². The molecule has 1 atom stereocenters. The molecule has 28 heavy (non-hydrogen) atoms. The number of rotatable bonds is 5. The second-order valence-corrected chi connectivity index (χ2v) is 9.47. The Balaban J connectivity index is 2.03. The lowest BCUT2D eigenvalue weighted by Crippen LogP contribution is -2.34. The number of ether oxygens (including phenoxy) is 1. The van der Waals surface area contributed by atoms with Crippen LogP contribution in [0.3, 0.4) is 0 Å². The number of phenols is 1. The lowest BCUT2D eigenvalue weighted by molar-refractivity contribution is 0.265. The maximum atomic E-state index is 12.9. The van der Waals surface area contributed by atoms with E-state index in [4.69, 9.17) is 27.9 Å². The molecule has 0 bridgehead atoms. The first-order valence-electron chi connectivity index (χ1n) is 8.70. The number of sulfonamides is 1. The average molecular weight is 445 g/mol. The number of halogens is 2. The summed E-state index contributed by atoms with van der Waals surface area (Å²) in [6.45, 7) is 0. The van der Waals surface area contributed by atoms with E-state index in [-0.39, 0.29) is 14.9 Å². The topological polar surface area (TPSA) is 78.9 Å². The Labute approximate surface area is 175 Å². The highest BCUT2D eigenvalue weighted by Gasteiger charge is 2.28. The van der Waals surface area contributed by atoms with Crippen molar-refractivity contribution in [1.82, 2.24) is 4.90 Å². The molecule has 2 N–H and O–H groups in total. The predicted molar refractivity (Wildman–Crippen MR) is 111 cm³/mol. The van der Waals surface area contributed by atoms with Crippen molar-refractivity contribution in [2.45, 2.75) is 30.2 Å². The molecule has 152 valence electrons. The van der Waals surface area contributed by atoms with Crippen LogP contribution in [0.4, 0.5) is 5.69 Å². The fraction of sp³-hybridized carbons (Fsp3) is 0.368. The van der Waals surface area contributed by atoms with E-state index in [2.05, 4.69) is 9.62 Å². The second kappa shape index (κ2) is 7.99. The number of nitrogens with one attached hydrogen (secondary N) is 1. The van der Waals surface area contributed by atoms with Crippen molar-refractivity contribution in [3.8, 4) is 11.5 Å². The molecule has 0 fully saturated rings. The van der Waals surface area contributed by atoms with Crippen molar-refractivity contribution in [1.29, 1.82) is 0 Å². The number of aromatic hydroxyl groups is 1. The summed E-state index contributed by atoms with van der Waals surface area (Å²) in [7, 11) is 1.57. The van der Waals surface area contributed by atoms with E-state index < -0.39 is 15.8 Å². The number of phenolic OH excluding ortho intramolecular Hbond substituents is 1. The average Bonchev–Trinajstić information content (AvgIpc) is 2.64. The Morgan fingerprint density at radius 2 is 1.93 bits per heavy atom. The van der Waals surface area contributed by atoms with Gasteiger partial charge in [-0.3, -0.25) is 4.72 Å². The van der Waals surface area contributed by atoms with Crippen molar-refractivity contribution >= 4 is 38.9 Å². The molecule has 0 amide bonds. The molecule has 9 heteroatoms. The van der Waals surface area contributed by atoms with Crippen LogP contribution in [-0.2, 0) is 22.9 Å². The van der Waals surface area contributed by atoms with E-state index in [1.165, 1.54) is 12.1 Å². The summed E-state index contributed by atoms with van der Waals surface area (Å²) in [6.07, 6.45) is 2.36. The van der Waals surface area contributed by atoms with E-state index in [0.717, 1.165) is 29.7 Å². The van der Waals surface area contributed by atoms with Crippen LogP contribution in [0.5, 0.6) is 11.5 Å². The maximum Gasteiger partial charge on any atom is 0.265 e. The van der Waals surface area contributed by atoms with Crippen LogP contribution in [0.15, 0.2) is 29.2 Å². The van der Waals surface area contributed by atoms with Crippen molar-refractivity contribution in [2.75, 3.05) is 25.9 Å². The third kappa shape index (κ3) is 4.03. The number of anilines is 1. The first kappa shape index (κ1) is 21.0. The van der Waals surface area contributed by atoms with Crippen molar-refractivity contribution in [2.24, 2.45) is 0 Å². The molecular formula is C19H22Cl2N2O4S. The number of likely N-dealkylation sites (N-methyl/N-ethyl adjacent to an activating group) is 1. The second-order valence-electron chi connectivity index (χ2n) is 6.97. The lowest BCUT2D eigenvalue weighted by Gasteiger charge is -2.32. The van der Waals surface area contributed by atoms with Crippen LogP contribution in [0.1, 0.15) is 17.5 Å². The van der Waals surface area contributed by atoms with Crippen LogP contribution in [0.2, 0.25) is 10.0 Å². The molecule has 0 saturated carbocycles. The van der Waals surface area contributed by atoms with Gasteiger partial charge in [0.25, 0.3) is 10.0 Å². The molecule has 2 aromatic rings. The summed E-state index contributed by atoms with van der Waals surface area (Å²) in [4.78, 5) is 1.79. The lowest BCUT2D eigenvalue weighted by atomic mass is 9.86. The summed E-state index contributed by atoms with van der Waals surface area (Å²) in [5.74, 6) is 0.201. The largest absolute Gasteiger partial charge is 0.505 e. The van der Waals surface area contributed by atoms with Gasteiger partial charge >= 0.3 is 0 Å². The Kier molecular flexibility index (Phi) is 6.00. The molecule has 3 rings (SSSR count). The summed E-state index contributed by atoms with van der Waals surface area (Å²) in [5.41, 5.74) is 2.35. The van der Waals surface area contributed by atoms with Gasteiger partial charge in [-0.25, -0.2) is 8.42 Å². The number of methoxy groups -OCH3 is 1.